The number of hydrogen-bond acceptors (Lipinski definition) is 8. The molecule has 3 heterocycles. The highest BCUT2D eigenvalue weighted by molar-refractivity contribution is 5.48. The predicted molar refractivity (Wildman–Crippen MR) is 123 cm³/mol. The molecule has 1 aromatic carbocycles. The van der Waals surface area contributed by atoms with Gasteiger partial charge in [0.1, 0.15) is 5.75 Å². The van der Waals surface area contributed by atoms with Crippen LogP contribution in [-0.4, -0.2) is 78.3 Å². The Labute approximate surface area is 190 Å². The van der Waals surface area contributed by atoms with Crippen molar-refractivity contribution in [3.05, 3.63) is 41.1 Å². The number of nitrogens with one attached hydrogen (secondary N) is 1. The molecule has 0 radical (unpaired) electrons. The molecule has 0 unspecified atom stereocenters. The Balaban J connectivity index is 1.28. The van der Waals surface area contributed by atoms with Gasteiger partial charge in [-0.05, 0) is 49.9 Å². The van der Waals surface area contributed by atoms with Crippen LogP contribution < -0.4 is 10.1 Å². The minimum absolute atomic E-state index is 0.364. The van der Waals surface area contributed by atoms with Gasteiger partial charge in [0.05, 0.1) is 24.8 Å². The summed E-state index contributed by atoms with van der Waals surface area (Å²) in [7, 11) is 0. The fraction of sp³-hybridized carbons (Fsp3) is 0.542. The topological polar surface area (TPSA) is 86.5 Å². The molecule has 0 amide bonds. The number of rotatable bonds is 7. The molecule has 0 saturated carbocycles. The first-order valence-corrected chi connectivity index (χ1v) is 11.4. The van der Waals surface area contributed by atoms with Crippen molar-refractivity contribution in [2.75, 3.05) is 57.8 Å². The van der Waals surface area contributed by atoms with Gasteiger partial charge in [0.2, 0.25) is 11.8 Å². The predicted octanol–water partition coefficient (Wildman–Crippen LogP) is 2.97. The Bertz CT molecular complexity index is 923. The zero-order valence-electron chi connectivity index (χ0n) is 19.0. The van der Waals surface area contributed by atoms with Crippen molar-refractivity contribution in [2.45, 2.75) is 32.7 Å². The van der Waals surface area contributed by atoms with Crippen LogP contribution in [0.5, 0.6) is 11.6 Å². The lowest BCUT2D eigenvalue weighted by Gasteiger charge is -2.34. The first-order chi connectivity index (χ1) is 15.6. The molecule has 0 bridgehead atoms. The van der Waals surface area contributed by atoms with E-state index < -0.39 is 0 Å². The average molecular weight is 437 g/mol. The highest BCUT2D eigenvalue weighted by Gasteiger charge is 2.21. The summed E-state index contributed by atoms with van der Waals surface area (Å²) in [5.74, 6) is 1.83. The number of likely N-dealkylation sites (tertiary alicyclic amines) is 1. The molecule has 170 valence electrons. The van der Waals surface area contributed by atoms with E-state index in [1.54, 1.807) is 12.3 Å². The number of anilines is 1. The number of ether oxygens (including phenoxy) is 2. The Kier molecular flexibility index (Phi) is 7.53. The Morgan fingerprint density at radius 3 is 2.41 bits per heavy atom. The van der Waals surface area contributed by atoms with Crippen LogP contribution in [0.4, 0.5) is 5.95 Å². The maximum atomic E-state index is 9.14. The van der Waals surface area contributed by atoms with Crippen LogP contribution in [0.2, 0.25) is 0 Å². The Hall–Kier alpha value is -2.73. The minimum atomic E-state index is 0.364. The Morgan fingerprint density at radius 1 is 1.09 bits per heavy atom. The summed E-state index contributed by atoms with van der Waals surface area (Å²) in [6.45, 7) is 12.1. The monoisotopic (exact) mass is 436 g/mol. The van der Waals surface area contributed by atoms with Crippen LogP contribution in [0.15, 0.2) is 24.4 Å². The fourth-order valence-corrected chi connectivity index (χ4v) is 4.34. The normalized spacial score (nSPS) is 18.3. The highest BCUT2D eigenvalue weighted by atomic mass is 16.5. The molecule has 2 saturated heterocycles. The van der Waals surface area contributed by atoms with Gasteiger partial charge in [0, 0.05) is 57.6 Å². The molecule has 8 nitrogen and oxygen atoms in total. The lowest BCUT2D eigenvalue weighted by atomic mass is 10.1. The van der Waals surface area contributed by atoms with E-state index in [0.29, 0.717) is 23.4 Å². The number of benzene rings is 1. The zero-order valence-corrected chi connectivity index (χ0v) is 19.0. The van der Waals surface area contributed by atoms with E-state index >= 15 is 0 Å². The summed E-state index contributed by atoms with van der Waals surface area (Å²) in [5.41, 5.74) is 2.46. The van der Waals surface area contributed by atoms with Gasteiger partial charge in [-0.1, -0.05) is 0 Å². The third-order valence-electron chi connectivity index (χ3n) is 6.18. The van der Waals surface area contributed by atoms with Crippen molar-refractivity contribution in [2.24, 2.45) is 0 Å². The van der Waals surface area contributed by atoms with Crippen molar-refractivity contribution in [1.29, 1.82) is 5.26 Å². The third-order valence-corrected chi connectivity index (χ3v) is 6.18. The molecule has 4 rings (SSSR count). The van der Waals surface area contributed by atoms with Gasteiger partial charge in [0.15, 0.2) is 0 Å². The second kappa shape index (κ2) is 10.7. The maximum absolute atomic E-state index is 9.14. The molecule has 2 aromatic rings. The second-order valence-electron chi connectivity index (χ2n) is 8.59. The molecular formula is C24H32N6O2. The molecule has 2 aliphatic rings. The molecule has 2 aliphatic heterocycles. The summed E-state index contributed by atoms with van der Waals surface area (Å²) < 4.78 is 11.5. The lowest BCUT2D eigenvalue weighted by Crippen LogP contribution is -2.45. The number of hydrogen-bond donors (Lipinski definition) is 1. The summed E-state index contributed by atoms with van der Waals surface area (Å²) >= 11 is 0. The van der Waals surface area contributed by atoms with Gasteiger partial charge in [-0.2, -0.15) is 10.2 Å². The third kappa shape index (κ3) is 5.94. The quantitative estimate of drug-likeness (QED) is 0.709. The number of nitriles is 1. The van der Waals surface area contributed by atoms with Crippen LogP contribution in [0.1, 0.15) is 29.5 Å². The second-order valence-corrected chi connectivity index (χ2v) is 8.59. The van der Waals surface area contributed by atoms with E-state index in [4.69, 9.17) is 14.7 Å². The zero-order chi connectivity index (χ0) is 22.3. The van der Waals surface area contributed by atoms with E-state index in [0.717, 1.165) is 82.2 Å². The number of aromatic nitrogens is 2. The van der Waals surface area contributed by atoms with Crippen LogP contribution >= 0.6 is 0 Å². The number of piperidine rings is 1. The SMILES string of the molecule is Cc1cc(C#N)cc(C)c1Oc1ccnc(NC2CCN(CCN3CCOCC3)CC2)n1. The van der Waals surface area contributed by atoms with Crippen LogP contribution in [-0.2, 0) is 4.74 Å². The van der Waals surface area contributed by atoms with E-state index in [2.05, 4.69) is 31.2 Å². The molecule has 1 aromatic heterocycles. The van der Waals surface area contributed by atoms with Gasteiger partial charge in [-0.15, -0.1) is 0 Å². The first-order valence-electron chi connectivity index (χ1n) is 11.4. The molecule has 32 heavy (non-hydrogen) atoms. The van der Waals surface area contributed by atoms with Crippen molar-refractivity contribution in [3.63, 3.8) is 0 Å². The largest absolute Gasteiger partial charge is 0.438 e. The Morgan fingerprint density at radius 2 is 1.75 bits per heavy atom. The van der Waals surface area contributed by atoms with Crippen LogP contribution in [0, 0.1) is 25.2 Å². The standard InChI is InChI=1S/C24H32N6O2/c1-18-15-20(17-25)16-19(2)23(18)32-22-3-6-26-24(28-22)27-21-4-7-29(8-5-21)9-10-30-11-13-31-14-12-30/h3,6,15-16,21H,4-5,7-14H2,1-2H3,(H,26,27,28). The van der Waals surface area contributed by atoms with E-state index in [-0.39, 0.29) is 0 Å². The van der Waals surface area contributed by atoms with E-state index in [9.17, 15) is 0 Å². The fourth-order valence-electron chi connectivity index (χ4n) is 4.34. The van der Waals surface area contributed by atoms with Gasteiger partial charge in [0.25, 0.3) is 0 Å². The lowest BCUT2D eigenvalue weighted by molar-refractivity contribution is 0.0322. The number of aryl methyl sites for hydroxylation is 2. The summed E-state index contributed by atoms with van der Waals surface area (Å²) in [5, 5.41) is 12.6. The average Bonchev–Trinajstić information content (AvgIpc) is 2.82. The van der Waals surface area contributed by atoms with E-state index in [1.807, 2.05) is 26.0 Å². The van der Waals surface area contributed by atoms with Crippen LogP contribution in [0.3, 0.4) is 0 Å². The molecule has 0 spiro atoms. The molecule has 1 N–H and O–H groups in total. The molecule has 0 atom stereocenters. The van der Waals surface area contributed by atoms with Crippen molar-refractivity contribution in [1.82, 2.24) is 19.8 Å². The van der Waals surface area contributed by atoms with E-state index in [1.165, 1.54) is 0 Å². The highest BCUT2D eigenvalue weighted by Crippen LogP contribution is 2.29. The summed E-state index contributed by atoms with van der Waals surface area (Å²) in [6, 6.07) is 7.96. The van der Waals surface area contributed by atoms with Gasteiger partial charge in [-0.3, -0.25) is 4.90 Å². The summed E-state index contributed by atoms with van der Waals surface area (Å²) in [4.78, 5) is 14.0. The van der Waals surface area contributed by atoms with Crippen molar-refractivity contribution in [3.8, 4) is 17.7 Å². The molecule has 0 aliphatic carbocycles. The number of nitrogens with zero attached hydrogens (tertiary/aromatic N) is 5. The smallest absolute Gasteiger partial charge is 0.226 e. The maximum Gasteiger partial charge on any atom is 0.226 e. The number of morpholine rings is 1. The van der Waals surface area contributed by atoms with Crippen molar-refractivity contribution < 1.29 is 9.47 Å². The first kappa shape index (κ1) is 22.5. The van der Waals surface area contributed by atoms with Gasteiger partial charge >= 0.3 is 0 Å². The molecule has 8 heteroatoms. The molecule has 2 fully saturated rings. The minimum Gasteiger partial charge on any atom is -0.438 e. The van der Waals surface area contributed by atoms with Crippen LogP contribution in [0.25, 0.3) is 0 Å². The van der Waals surface area contributed by atoms with Gasteiger partial charge in [-0.25, -0.2) is 4.98 Å². The molecular weight excluding hydrogens is 404 g/mol. The van der Waals surface area contributed by atoms with Crippen molar-refractivity contribution >= 4 is 5.95 Å². The van der Waals surface area contributed by atoms with Gasteiger partial charge < -0.3 is 19.7 Å². The summed E-state index contributed by atoms with van der Waals surface area (Å²) in [6.07, 6.45) is 3.87.